The van der Waals surface area contributed by atoms with E-state index in [0.717, 1.165) is 27.8 Å². The third-order valence-electron chi connectivity index (χ3n) is 4.42. The van der Waals surface area contributed by atoms with Gasteiger partial charge in [0.1, 0.15) is 0 Å². The van der Waals surface area contributed by atoms with Gasteiger partial charge < -0.3 is 15.4 Å². The summed E-state index contributed by atoms with van der Waals surface area (Å²) in [6.45, 7) is 2.24. The van der Waals surface area contributed by atoms with E-state index in [0.29, 0.717) is 18.0 Å². The minimum Gasteiger partial charge on any atom is -0.468 e. The van der Waals surface area contributed by atoms with Gasteiger partial charge in [-0.05, 0) is 34.2 Å². The SMILES string of the molecule is COC(=O)CNCc1ccc(CNCc2ccc3cc(C(=O)NO)sc3c2)cc1. The Kier molecular flexibility index (Phi) is 7.31. The maximum Gasteiger partial charge on any atom is 0.319 e. The second kappa shape index (κ2) is 10.1. The molecule has 0 bridgehead atoms. The maximum atomic E-state index is 11.5. The molecular formula is C21H23N3O4S. The van der Waals surface area contributed by atoms with Gasteiger partial charge in [0.25, 0.3) is 5.91 Å². The molecule has 4 N–H and O–H groups in total. The van der Waals surface area contributed by atoms with E-state index in [1.54, 1.807) is 11.5 Å². The molecule has 0 radical (unpaired) electrons. The third kappa shape index (κ3) is 5.85. The fourth-order valence-corrected chi connectivity index (χ4v) is 3.88. The normalized spacial score (nSPS) is 10.8. The summed E-state index contributed by atoms with van der Waals surface area (Å²) in [6.07, 6.45) is 0. The molecule has 1 heterocycles. The number of methoxy groups -OCH3 is 1. The van der Waals surface area contributed by atoms with Gasteiger partial charge in [0.05, 0.1) is 18.5 Å². The highest BCUT2D eigenvalue weighted by Gasteiger charge is 2.09. The number of carbonyl (C=O) groups excluding carboxylic acids is 2. The minimum atomic E-state index is -0.491. The van der Waals surface area contributed by atoms with Crippen molar-refractivity contribution in [2.75, 3.05) is 13.7 Å². The molecule has 0 atom stereocenters. The second-order valence-electron chi connectivity index (χ2n) is 6.52. The van der Waals surface area contributed by atoms with Crippen molar-refractivity contribution in [1.82, 2.24) is 16.1 Å². The molecule has 3 rings (SSSR count). The largest absolute Gasteiger partial charge is 0.468 e. The van der Waals surface area contributed by atoms with Crippen molar-refractivity contribution in [2.45, 2.75) is 19.6 Å². The average molecular weight is 413 g/mol. The van der Waals surface area contributed by atoms with Crippen LogP contribution in [0.3, 0.4) is 0 Å². The van der Waals surface area contributed by atoms with Gasteiger partial charge in [-0.15, -0.1) is 11.3 Å². The standard InChI is InChI=1S/C21H23N3O4S/c1-28-20(25)13-23-11-15-4-2-14(3-5-15)10-22-12-16-6-7-17-9-19(21(26)24-27)29-18(17)8-16/h2-9,22-23,27H,10-13H2,1H3,(H,24,26). The van der Waals surface area contributed by atoms with Crippen LogP contribution in [0.4, 0.5) is 0 Å². The first-order valence-electron chi connectivity index (χ1n) is 9.12. The maximum absolute atomic E-state index is 11.5. The molecule has 0 saturated carbocycles. The van der Waals surface area contributed by atoms with Gasteiger partial charge in [-0.2, -0.15) is 0 Å². The molecule has 29 heavy (non-hydrogen) atoms. The number of hydrogen-bond acceptors (Lipinski definition) is 7. The number of amides is 1. The number of rotatable bonds is 9. The highest BCUT2D eigenvalue weighted by atomic mass is 32.1. The van der Waals surface area contributed by atoms with E-state index in [4.69, 9.17) is 5.21 Å². The first-order chi connectivity index (χ1) is 14.1. The minimum absolute atomic E-state index is 0.195. The number of hydroxylamine groups is 1. The smallest absolute Gasteiger partial charge is 0.319 e. The van der Waals surface area contributed by atoms with Crippen LogP contribution in [0, 0.1) is 0 Å². The predicted octanol–water partition coefficient (Wildman–Crippen LogP) is 2.57. The van der Waals surface area contributed by atoms with E-state index in [1.807, 2.05) is 24.3 Å². The molecular weight excluding hydrogens is 390 g/mol. The molecule has 1 aromatic heterocycles. The Labute approximate surface area is 172 Å². The van der Waals surface area contributed by atoms with Crippen LogP contribution >= 0.6 is 11.3 Å². The van der Waals surface area contributed by atoms with Gasteiger partial charge in [-0.25, -0.2) is 5.48 Å². The fourth-order valence-electron chi connectivity index (χ4n) is 2.86. The molecule has 0 aliphatic carbocycles. The quantitative estimate of drug-likeness (QED) is 0.244. The van der Waals surface area contributed by atoms with Crippen molar-refractivity contribution in [3.05, 3.63) is 70.1 Å². The molecule has 0 fully saturated rings. The molecule has 1 amide bonds. The molecule has 0 aliphatic heterocycles. The number of benzene rings is 2. The van der Waals surface area contributed by atoms with Crippen molar-refractivity contribution in [3.8, 4) is 0 Å². The number of fused-ring (bicyclic) bond motifs is 1. The van der Waals surface area contributed by atoms with Crippen LogP contribution < -0.4 is 16.1 Å². The van der Waals surface area contributed by atoms with Crippen LogP contribution in [0.2, 0.25) is 0 Å². The van der Waals surface area contributed by atoms with E-state index in [1.165, 1.54) is 24.0 Å². The zero-order chi connectivity index (χ0) is 20.6. The fraction of sp³-hybridized carbons (Fsp3) is 0.238. The summed E-state index contributed by atoms with van der Waals surface area (Å²) in [6, 6.07) is 16.0. The van der Waals surface area contributed by atoms with Gasteiger partial charge in [0.2, 0.25) is 0 Å². The van der Waals surface area contributed by atoms with Gasteiger partial charge in [-0.3, -0.25) is 14.8 Å². The van der Waals surface area contributed by atoms with Crippen LogP contribution in [0.15, 0.2) is 48.5 Å². The lowest BCUT2D eigenvalue weighted by Gasteiger charge is -2.07. The van der Waals surface area contributed by atoms with Crippen molar-refractivity contribution < 1.29 is 19.5 Å². The topological polar surface area (TPSA) is 99.7 Å². The van der Waals surface area contributed by atoms with E-state index < -0.39 is 5.91 Å². The first kappa shape index (κ1) is 20.9. The lowest BCUT2D eigenvalue weighted by atomic mass is 10.1. The Morgan fingerprint density at radius 3 is 2.21 bits per heavy atom. The summed E-state index contributed by atoms with van der Waals surface area (Å²) >= 11 is 1.35. The second-order valence-corrected chi connectivity index (χ2v) is 7.61. The Bertz CT molecular complexity index is 985. The summed E-state index contributed by atoms with van der Waals surface area (Å²) < 4.78 is 5.60. The first-order valence-corrected chi connectivity index (χ1v) is 9.93. The Morgan fingerprint density at radius 1 is 0.931 bits per heavy atom. The van der Waals surface area contributed by atoms with Crippen molar-refractivity contribution in [1.29, 1.82) is 0 Å². The Morgan fingerprint density at radius 2 is 1.55 bits per heavy atom. The molecule has 0 unspecified atom stereocenters. The zero-order valence-corrected chi connectivity index (χ0v) is 16.8. The van der Waals surface area contributed by atoms with Crippen molar-refractivity contribution >= 4 is 33.3 Å². The van der Waals surface area contributed by atoms with Crippen LogP contribution in [-0.4, -0.2) is 30.7 Å². The summed E-state index contributed by atoms with van der Waals surface area (Å²) in [5.41, 5.74) is 5.06. The van der Waals surface area contributed by atoms with Crippen LogP contribution in [-0.2, 0) is 29.2 Å². The molecule has 7 nitrogen and oxygen atoms in total. The summed E-state index contributed by atoms with van der Waals surface area (Å²) in [5.74, 6) is -0.769. The number of carbonyl (C=O) groups is 2. The molecule has 8 heteroatoms. The summed E-state index contributed by atoms with van der Waals surface area (Å²) in [5, 5.41) is 16.2. The third-order valence-corrected chi connectivity index (χ3v) is 5.51. The summed E-state index contributed by atoms with van der Waals surface area (Å²) in [7, 11) is 1.37. The molecule has 0 aliphatic rings. The van der Waals surface area contributed by atoms with Crippen molar-refractivity contribution in [3.63, 3.8) is 0 Å². The highest BCUT2D eigenvalue weighted by Crippen LogP contribution is 2.26. The predicted molar refractivity (Wildman–Crippen MR) is 112 cm³/mol. The van der Waals surface area contributed by atoms with E-state index >= 15 is 0 Å². The number of hydrogen-bond donors (Lipinski definition) is 4. The number of thiophene rings is 1. The lowest BCUT2D eigenvalue weighted by Crippen LogP contribution is -2.23. The number of ether oxygens (including phenoxy) is 1. The van der Waals surface area contributed by atoms with Gasteiger partial charge >= 0.3 is 5.97 Å². The average Bonchev–Trinajstić information content (AvgIpc) is 3.17. The van der Waals surface area contributed by atoms with Crippen molar-refractivity contribution in [2.24, 2.45) is 0 Å². The molecule has 0 saturated heterocycles. The Hall–Kier alpha value is -2.78. The van der Waals surface area contributed by atoms with Gasteiger partial charge in [0, 0.05) is 24.3 Å². The Balaban J connectivity index is 1.49. The zero-order valence-electron chi connectivity index (χ0n) is 16.0. The molecule has 0 spiro atoms. The van der Waals surface area contributed by atoms with Crippen LogP contribution in [0.1, 0.15) is 26.4 Å². The van der Waals surface area contributed by atoms with E-state index in [-0.39, 0.29) is 12.5 Å². The summed E-state index contributed by atoms with van der Waals surface area (Å²) in [4.78, 5) is 23.1. The molecule has 2 aromatic carbocycles. The van der Waals surface area contributed by atoms with Crippen LogP contribution in [0.5, 0.6) is 0 Å². The van der Waals surface area contributed by atoms with E-state index in [9.17, 15) is 9.59 Å². The highest BCUT2D eigenvalue weighted by molar-refractivity contribution is 7.20. The number of esters is 1. The van der Waals surface area contributed by atoms with Crippen LogP contribution in [0.25, 0.3) is 10.1 Å². The molecule has 3 aromatic rings. The van der Waals surface area contributed by atoms with E-state index in [2.05, 4.69) is 33.6 Å². The monoisotopic (exact) mass is 413 g/mol. The van der Waals surface area contributed by atoms with Gasteiger partial charge in [0.15, 0.2) is 0 Å². The molecule has 152 valence electrons. The number of nitrogens with one attached hydrogen (secondary N) is 3. The van der Waals surface area contributed by atoms with Gasteiger partial charge in [-0.1, -0.05) is 36.4 Å². The lowest BCUT2D eigenvalue weighted by molar-refractivity contribution is -0.139.